The van der Waals surface area contributed by atoms with Gasteiger partial charge in [-0.1, -0.05) is 30.3 Å². The van der Waals surface area contributed by atoms with E-state index in [1.165, 1.54) is 38.8 Å². The number of hydrogen-bond donors (Lipinski definition) is 1. The third-order valence-electron chi connectivity index (χ3n) is 5.51. The highest BCUT2D eigenvalue weighted by molar-refractivity contribution is 5.27. The minimum atomic E-state index is 0.355. The average molecular weight is 272 g/mol. The molecule has 0 amide bonds. The molecule has 2 fully saturated rings. The van der Waals surface area contributed by atoms with Gasteiger partial charge in [0.25, 0.3) is 0 Å². The maximum Gasteiger partial charge on any atom is 0.0154 e. The monoisotopic (exact) mass is 272 g/mol. The maximum atomic E-state index is 3.54. The fourth-order valence-corrected chi connectivity index (χ4v) is 4.06. The summed E-state index contributed by atoms with van der Waals surface area (Å²) in [7, 11) is 0. The highest BCUT2D eigenvalue weighted by Gasteiger charge is 2.41. The van der Waals surface area contributed by atoms with Crippen LogP contribution in [0.2, 0.25) is 0 Å². The summed E-state index contributed by atoms with van der Waals surface area (Å²) in [5.74, 6) is 0. The minimum absolute atomic E-state index is 0.355. The van der Waals surface area contributed by atoms with Crippen LogP contribution in [0.15, 0.2) is 30.3 Å². The van der Waals surface area contributed by atoms with Crippen molar-refractivity contribution < 1.29 is 0 Å². The van der Waals surface area contributed by atoms with Crippen LogP contribution in [0, 0.1) is 0 Å². The summed E-state index contributed by atoms with van der Waals surface area (Å²) < 4.78 is 0. The number of benzene rings is 1. The van der Waals surface area contributed by atoms with Crippen LogP contribution in [0.1, 0.15) is 45.1 Å². The molecular formula is C18H28N2. The molecule has 2 aliphatic rings. The standard InChI is InChI=1S/C18H28N2/c1-17(2)9-6-14-20(17)15-18(10-12-19-13-11-18)16-7-4-3-5-8-16/h3-5,7-8,19H,6,9-15H2,1-2H3. The number of piperidine rings is 1. The van der Waals surface area contributed by atoms with Crippen LogP contribution >= 0.6 is 0 Å². The lowest BCUT2D eigenvalue weighted by Gasteiger charge is -2.44. The van der Waals surface area contributed by atoms with Gasteiger partial charge in [0.2, 0.25) is 0 Å². The Morgan fingerprint density at radius 2 is 1.75 bits per heavy atom. The zero-order valence-electron chi connectivity index (χ0n) is 13.0. The average Bonchev–Trinajstić information content (AvgIpc) is 2.80. The lowest BCUT2D eigenvalue weighted by molar-refractivity contribution is 0.115. The Hall–Kier alpha value is -0.860. The van der Waals surface area contributed by atoms with Crippen molar-refractivity contribution >= 4 is 0 Å². The van der Waals surface area contributed by atoms with Gasteiger partial charge in [0.15, 0.2) is 0 Å². The fourth-order valence-electron chi connectivity index (χ4n) is 4.06. The third-order valence-corrected chi connectivity index (χ3v) is 5.51. The molecule has 1 aromatic rings. The maximum absolute atomic E-state index is 3.54. The lowest BCUT2D eigenvalue weighted by atomic mass is 9.72. The first-order chi connectivity index (χ1) is 9.62. The molecule has 2 heteroatoms. The second-order valence-corrected chi connectivity index (χ2v) is 7.23. The summed E-state index contributed by atoms with van der Waals surface area (Å²) in [5.41, 5.74) is 2.28. The Morgan fingerprint density at radius 1 is 1.05 bits per heavy atom. The molecule has 0 aromatic heterocycles. The number of nitrogens with zero attached hydrogens (tertiary/aromatic N) is 1. The van der Waals surface area contributed by atoms with E-state index in [0.717, 1.165) is 13.1 Å². The van der Waals surface area contributed by atoms with Crippen molar-refractivity contribution in [1.82, 2.24) is 10.2 Å². The van der Waals surface area contributed by atoms with E-state index in [9.17, 15) is 0 Å². The third kappa shape index (κ3) is 2.64. The van der Waals surface area contributed by atoms with Crippen molar-refractivity contribution in [3.8, 4) is 0 Å². The first-order valence-corrected chi connectivity index (χ1v) is 8.14. The summed E-state index contributed by atoms with van der Waals surface area (Å²) in [6.45, 7) is 9.65. The number of rotatable bonds is 3. The van der Waals surface area contributed by atoms with Crippen molar-refractivity contribution in [3.63, 3.8) is 0 Å². The van der Waals surface area contributed by atoms with Crippen molar-refractivity contribution in [3.05, 3.63) is 35.9 Å². The molecule has 110 valence electrons. The number of nitrogens with one attached hydrogen (secondary N) is 1. The molecule has 0 atom stereocenters. The molecule has 2 heterocycles. The van der Waals surface area contributed by atoms with Crippen molar-refractivity contribution in [2.75, 3.05) is 26.2 Å². The van der Waals surface area contributed by atoms with Gasteiger partial charge < -0.3 is 5.32 Å². The van der Waals surface area contributed by atoms with Gasteiger partial charge >= 0.3 is 0 Å². The molecule has 0 radical (unpaired) electrons. The van der Waals surface area contributed by atoms with Gasteiger partial charge in [0.05, 0.1) is 0 Å². The SMILES string of the molecule is CC1(C)CCCN1CC1(c2ccccc2)CCNCC1. The van der Waals surface area contributed by atoms with Gasteiger partial charge in [0.1, 0.15) is 0 Å². The summed E-state index contributed by atoms with van der Waals surface area (Å²) in [5, 5.41) is 3.54. The lowest BCUT2D eigenvalue weighted by Crippen LogP contribution is -2.51. The van der Waals surface area contributed by atoms with Crippen LogP contribution < -0.4 is 5.32 Å². The minimum Gasteiger partial charge on any atom is -0.317 e. The molecule has 1 aromatic carbocycles. The van der Waals surface area contributed by atoms with Gasteiger partial charge in [-0.05, 0) is 64.7 Å². The Labute approximate surface area is 123 Å². The first kappa shape index (κ1) is 14.1. The van der Waals surface area contributed by atoms with Crippen LogP contribution in [0.4, 0.5) is 0 Å². The Morgan fingerprint density at radius 3 is 2.35 bits per heavy atom. The molecule has 0 bridgehead atoms. The molecule has 0 saturated carbocycles. The van der Waals surface area contributed by atoms with E-state index >= 15 is 0 Å². The summed E-state index contributed by atoms with van der Waals surface area (Å²) in [4.78, 5) is 2.74. The van der Waals surface area contributed by atoms with E-state index in [-0.39, 0.29) is 0 Å². The summed E-state index contributed by atoms with van der Waals surface area (Å²) in [6, 6.07) is 11.2. The largest absolute Gasteiger partial charge is 0.317 e. The molecule has 0 spiro atoms. The Bertz CT molecular complexity index is 432. The molecule has 2 saturated heterocycles. The van der Waals surface area contributed by atoms with E-state index in [1.807, 2.05) is 0 Å². The van der Waals surface area contributed by atoms with Crippen molar-refractivity contribution in [1.29, 1.82) is 0 Å². The van der Waals surface area contributed by atoms with E-state index < -0.39 is 0 Å². The fraction of sp³-hybridized carbons (Fsp3) is 0.667. The van der Waals surface area contributed by atoms with Crippen LogP contribution in [0.25, 0.3) is 0 Å². The van der Waals surface area contributed by atoms with Crippen LogP contribution in [-0.4, -0.2) is 36.6 Å². The topological polar surface area (TPSA) is 15.3 Å². The van der Waals surface area contributed by atoms with Crippen molar-refractivity contribution in [2.45, 2.75) is 50.5 Å². The molecular weight excluding hydrogens is 244 g/mol. The van der Waals surface area contributed by atoms with Crippen LogP contribution in [0.3, 0.4) is 0 Å². The molecule has 3 rings (SSSR count). The van der Waals surface area contributed by atoms with Gasteiger partial charge in [0, 0.05) is 17.5 Å². The first-order valence-electron chi connectivity index (χ1n) is 8.14. The predicted molar refractivity (Wildman–Crippen MR) is 85.1 cm³/mol. The van der Waals surface area contributed by atoms with Gasteiger partial charge in [-0.25, -0.2) is 0 Å². The van der Waals surface area contributed by atoms with E-state index in [2.05, 4.69) is 54.4 Å². The molecule has 2 nitrogen and oxygen atoms in total. The second-order valence-electron chi connectivity index (χ2n) is 7.23. The number of hydrogen-bond acceptors (Lipinski definition) is 2. The zero-order chi connectivity index (χ0) is 14.1. The van der Waals surface area contributed by atoms with Gasteiger partial charge in [-0.2, -0.15) is 0 Å². The summed E-state index contributed by atoms with van der Waals surface area (Å²) >= 11 is 0. The number of likely N-dealkylation sites (tertiary alicyclic amines) is 1. The van der Waals surface area contributed by atoms with E-state index in [0.29, 0.717) is 11.0 Å². The molecule has 20 heavy (non-hydrogen) atoms. The van der Waals surface area contributed by atoms with Gasteiger partial charge in [-0.3, -0.25) is 4.90 Å². The van der Waals surface area contributed by atoms with Crippen LogP contribution in [0.5, 0.6) is 0 Å². The van der Waals surface area contributed by atoms with Gasteiger partial charge in [-0.15, -0.1) is 0 Å². The molecule has 0 unspecified atom stereocenters. The molecule has 2 aliphatic heterocycles. The van der Waals surface area contributed by atoms with Crippen LogP contribution in [-0.2, 0) is 5.41 Å². The normalized spacial score (nSPS) is 25.7. The Balaban J connectivity index is 1.87. The Kier molecular flexibility index (Phi) is 3.87. The smallest absolute Gasteiger partial charge is 0.0154 e. The molecule has 0 aliphatic carbocycles. The predicted octanol–water partition coefficient (Wildman–Crippen LogP) is 3.18. The van der Waals surface area contributed by atoms with E-state index in [1.54, 1.807) is 5.56 Å². The van der Waals surface area contributed by atoms with E-state index in [4.69, 9.17) is 0 Å². The highest BCUT2D eigenvalue weighted by atomic mass is 15.2. The van der Waals surface area contributed by atoms with Crippen molar-refractivity contribution in [2.24, 2.45) is 0 Å². The quantitative estimate of drug-likeness (QED) is 0.909. The highest BCUT2D eigenvalue weighted by Crippen LogP contribution is 2.38. The molecule has 1 N–H and O–H groups in total. The zero-order valence-corrected chi connectivity index (χ0v) is 13.0. The second kappa shape index (κ2) is 5.50. The summed E-state index contributed by atoms with van der Waals surface area (Å²) in [6.07, 6.45) is 5.24.